The van der Waals surface area contributed by atoms with Crippen LogP contribution in [0.1, 0.15) is 24.0 Å². The third-order valence-corrected chi connectivity index (χ3v) is 5.98. The molecule has 0 aliphatic heterocycles. The molecule has 0 aromatic heterocycles. The monoisotopic (exact) mass is 362 g/mol. The van der Waals surface area contributed by atoms with Crippen LogP contribution < -0.4 is 0 Å². The molecule has 3 aromatic carbocycles. The number of Topliss-reactive ketones (excluding diaryl/α,β-unsaturated/α-hetero) is 1. The average molecular weight is 362 g/mol. The van der Waals surface area contributed by atoms with Crippen molar-refractivity contribution in [2.24, 2.45) is 0 Å². The maximum Gasteiger partial charge on any atom is 0.175 e. The van der Waals surface area contributed by atoms with Crippen molar-refractivity contribution < 1.29 is 13.2 Å². The molecule has 0 amide bonds. The number of ketones is 1. The van der Waals surface area contributed by atoms with Crippen molar-refractivity contribution in [2.45, 2.75) is 17.7 Å². The highest BCUT2D eigenvalue weighted by molar-refractivity contribution is 7.90. The van der Waals surface area contributed by atoms with Gasteiger partial charge in [0.05, 0.1) is 4.90 Å². The summed E-state index contributed by atoms with van der Waals surface area (Å²) in [6, 6.07) is 21.0. The summed E-state index contributed by atoms with van der Waals surface area (Å²) in [5.41, 5.74) is 3.58. The van der Waals surface area contributed by atoms with Crippen LogP contribution in [0.5, 0.6) is 0 Å². The zero-order valence-electron chi connectivity index (χ0n) is 14.4. The van der Waals surface area contributed by atoms with E-state index < -0.39 is 9.84 Å². The fraction of sp³-hybridized carbons (Fsp3) is 0.136. The van der Waals surface area contributed by atoms with Crippen LogP contribution in [0.3, 0.4) is 0 Å². The molecule has 0 atom stereocenters. The molecule has 1 aliphatic carbocycles. The molecule has 0 radical (unpaired) electrons. The summed E-state index contributed by atoms with van der Waals surface area (Å²) in [6.45, 7) is 0. The Bertz CT molecular complexity index is 1150. The molecule has 3 aromatic rings. The molecule has 4 rings (SSSR count). The van der Waals surface area contributed by atoms with E-state index in [4.69, 9.17) is 0 Å². The standard InChI is InChI=1S/C22H18O3S/c1-26(24,25)19-10-8-16(9-11-19)20-12-13-21(23)22(20)18-7-6-15-4-2-3-5-17(15)14-18/h2-11,14H,12-13H2,1H3. The van der Waals surface area contributed by atoms with Crippen molar-refractivity contribution in [1.82, 2.24) is 0 Å². The van der Waals surface area contributed by atoms with Gasteiger partial charge in [-0.05, 0) is 52.1 Å². The Balaban J connectivity index is 1.84. The number of rotatable bonds is 3. The molecule has 0 N–H and O–H groups in total. The van der Waals surface area contributed by atoms with Gasteiger partial charge in [0.2, 0.25) is 0 Å². The van der Waals surface area contributed by atoms with Gasteiger partial charge in [-0.25, -0.2) is 8.42 Å². The van der Waals surface area contributed by atoms with E-state index in [0.29, 0.717) is 17.7 Å². The molecule has 0 saturated heterocycles. The first kappa shape index (κ1) is 16.7. The first-order valence-corrected chi connectivity index (χ1v) is 10.4. The predicted octanol–water partition coefficient (Wildman–Crippen LogP) is 4.52. The molecule has 0 saturated carbocycles. The van der Waals surface area contributed by atoms with Gasteiger partial charge in [-0.3, -0.25) is 4.79 Å². The minimum absolute atomic E-state index is 0.141. The Morgan fingerprint density at radius 3 is 2.12 bits per heavy atom. The van der Waals surface area contributed by atoms with Crippen LogP contribution in [0, 0.1) is 0 Å². The molecule has 0 spiro atoms. The van der Waals surface area contributed by atoms with Crippen molar-refractivity contribution in [2.75, 3.05) is 6.26 Å². The Morgan fingerprint density at radius 2 is 1.42 bits per heavy atom. The summed E-state index contributed by atoms with van der Waals surface area (Å²) >= 11 is 0. The average Bonchev–Trinajstić information content (AvgIpc) is 3.02. The number of carbonyl (C=O) groups excluding carboxylic acids is 1. The van der Waals surface area contributed by atoms with E-state index in [1.165, 1.54) is 6.26 Å². The minimum atomic E-state index is -3.23. The maximum atomic E-state index is 12.6. The summed E-state index contributed by atoms with van der Waals surface area (Å²) < 4.78 is 23.3. The molecule has 130 valence electrons. The van der Waals surface area contributed by atoms with Crippen molar-refractivity contribution in [1.29, 1.82) is 0 Å². The van der Waals surface area contributed by atoms with Crippen LogP contribution in [-0.4, -0.2) is 20.5 Å². The number of benzene rings is 3. The van der Waals surface area contributed by atoms with Gasteiger partial charge < -0.3 is 0 Å². The first-order chi connectivity index (χ1) is 12.4. The van der Waals surface area contributed by atoms with Gasteiger partial charge in [0.1, 0.15) is 0 Å². The second kappa shape index (κ2) is 6.22. The first-order valence-electron chi connectivity index (χ1n) is 8.49. The van der Waals surface area contributed by atoms with Gasteiger partial charge >= 0.3 is 0 Å². The quantitative estimate of drug-likeness (QED) is 0.688. The lowest BCUT2D eigenvalue weighted by atomic mass is 9.95. The minimum Gasteiger partial charge on any atom is -0.294 e. The second-order valence-electron chi connectivity index (χ2n) is 6.64. The van der Waals surface area contributed by atoms with Gasteiger partial charge in [-0.1, -0.05) is 48.5 Å². The number of carbonyl (C=O) groups is 1. The fourth-order valence-electron chi connectivity index (χ4n) is 3.53. The topological polar surface area (TPSA) is 51.2 Å². The smallest absolute Gasteiger partial charge is 0.175 e. The number of fused-ring (bicyclic) bond motifs is 1. The van der Waals surface area contributed by atoms with E-state index in [1.54, 1.807) is 24.3 Å². The van der Waals surface area contributed by atoms with Gasteiger partial charge in [-0.2, -0.15) is 0 Å². The molecule has 0 heterocycles. The van der Waals surface area contributed by atoms with Gasteiger partial charge in [0, 0.05) is 18.2 Å². The van der Waals surface area contributed by atoms with Crippen molar-refractivity contribution in [3.8, 4) is 0 Å². The van der Waals surface area contributed by atoms with Crippen LogP contribution in [0.15, 0.2) is 71.6 Å². The van der Waals surface area contributed by atoms with Gasteiger partial charge in [0.15, 0.2) is 15.6 Å². The molecule has 3 nitrogen and oxygen atoms in total. The summed E-state index contributed by atoms with van der Waals surface area (Å²) in [6.07, 6.45) is 2.37. The van der Waals surface area contributed by atoms with Crippen LogP contribution in [0.2, 0.25) is 0 Å². The number of sulfone groups is 1. The molecule has 0 unspecified atom stereocenters. The fourth-order valence-corrected chi connectivity index (χ4v) is 4.16. The van der Waals surface area contributed by atoms with E-state index in [0.717, 1.165) is 33.0 Å². The molecular weight excluding hydrogens is 344 g/mol. The van der Waals surface area contributed by atoms with E-state index in [2.05, 4.69) is 12.1 Å². The van der Waals surface area contributed by atoms with Crippen LogP contribution in [0.25, 0.3) is 21.9 Å². The lowest BCUT2D eigenvalue weighted by Gasteiger charge is -2.09. The van der Waals surface area contributed by atoms with Crippen molar-refractivity contribution >= 4 is 37.5 Å². The Morgan fingerprint density at radius 1 is 0.769 bits per heavy atom. The lowest BCUT2D eigenvalue weighted by Crippen LogP contribution is -1.98. The van der Waals surface area contributed by atoms with Gasteiger partial charge in [0.25, 0.3) is 0 Å². The predicted molar refractivity (Wildman–Crippen MR) is 105 cm³/mol. The molecular formula is C22H18O3S. The molecule has 4 heteroatoms. The zero-order valence-corrected chi connectivity index (χ0v) is 15.2. The van der Waals surface area contributed by atoms with Crippen molar-refractivity contribution in [3.63, 3.8) is 0 Å². The largest absolute Gasteiger partial charge is 0.294 e. The summed E-state index contributed by atoms with van der Waals surface area (Å²) in [4.78, 5) is 12.9. The summed E-state index contributed by atoms with van der Waals surface area (Å²) in [5.74, 6) is 0.141. The van der Waals surface area contributed by atoms with E-state index in [-0.39, 0.29) is 5.78 Å². The molecule has 0 fully saturated rings. The molecule has 26 heavy (non-hydrogen) atoms. The lowest BCUT2D eigenvalue weighted by molar-refractivity contribution is -0.113. The SMILES string of the molecule is CS(=O)(=O)c1ccc(C2=C(c3ccc4ccccc4c3)C(=O)CC2)cc1. The van der Waals surface area contributed by atoms with Crippen LogP contribution in [-0.2, 0) is 14.6 Å². The zero-order chi connectivity index (χ0) is 18.3. The third kappa shape index (κ3) is 2.97. The highest BCUT2D eigenvalue weighted by Gasteiger charge is 2.25. The maximum absolute atomic E-state index is 12.6. The van der Waals surface area contributed by atoms with E-state index >= 15 is 0 Å². The van der Waals surface area contributed by atoms with E-state index in [9.17, 15) is 13.2 Å². The third-order valence-electron chi connectivity index (χ3n) is 4.85. The number of allylic oxidation sites excluding steroid dienone is 2. The Labute approximate surface area is 152 Å². The Hall–Kier alpha value is -2.72. The highest BCUT2D eigenvalue weighted by atomic mass is 32.2. The summed E-state index contributed by atoms with van der Waals surface area (Å²) in [7, 11) is -3.23. The van der Waals surface area contributed by atoms with E-state index in [1.807, 2.05) is 30.3 Å². The van der Waals surface area contributed by atoms with Crippen molar-refractivity contribution in [3.05, 3.63) is 77.9 Å². The van der Waals surface area contributed by atoms with Crippen LogP contribution in [0.4, 0.5) is 0 Å². The molecule has 1 aliphatic rings. The van der Waals surface area contributed by atoms with Gasteiger partial charge in [-0.15, -0.1) is 0 Å². The number of hydrogen-bond acceptors (Lipinski definition) is 3. The molecule has 0 bridgehead atoms. The van der Waals surface area contributed by atoms with Crippen LogP contribution >= 0.6 is 0 Å². The second-order valence-corrected chi connectivity index (χ2v) is 8.65. The normalized spacial score (nSPS) is 15.0. The highest BCUT2D eigenvalue weighted by Crippen LogP contribution is 2.38. The Kier molecular flexibility index (Phi) is 4.00. The number of hydrogen-bond donors (Lipinski definition) is 0. The summed E-state index contributed by atoms with van der Waals surface area (Å²) in [5, 5.41) is 2.24.